The summed E-state index contributed by atoms with van der Waals surface area (Å²) in [6.07, 6.45) is 1.67. The highest BCUT2D eigenvalue weighted by Gasteiger charge is 2.09. The predicted molar refractivity (Wildman–Crippen MR) is 69.5 cm³/mol. The Morgan fingerprint density at radius 1 is 1.19 bits per heavy atom. The van der Waals surface area contributed by atoms with Gasteiger partial charge >= 0.3 is 0 Å². The molecule has 1 heterocycles. The third-order valence-corrected chi connectivity index (χ3v) is 4.86. The smallest absolute Gasteiger partial charge is 0.181 e. The minimum Gasteiger partial charge on any atom is -0.252 e. The number of hydrogen-bond donors (Lipinski definition) is 0. The van der Waals surface area contributed by atoms with Crippen molar-refractivity contribution in [2.75, 3.05) is 6.26 Å². The summed E-state index contributed by atoms with van der Waals surface area (Å²) in [5.41, 5.74) is 0.966. The fourth-order valence-electron chi connectivity index (χ4n) is 1.76. The van der Waals surface area contributed by atoms with Gasteiger partial charge in [0.1, 0.15) is 0 Å². The van der Waals surface area contributed by atoms with Crippen LogP contribution in [0.4, 0.5) is 0 Å². The van der Waals surface area contributed by atoms with Crippen LogP contribution < -0.4 is 0 Å². The SMILES string of the molecule is CS(=O)c1nc2c(ccc3ccccc32)s1. The Bertz CT molecular complexity index is 702. The maximum atomic E-state index is 11.4. The lowest BCUT2D eigenvalue weighted by molar-refractivity contribution is 0.686. The van der Waals surface area contributed by atoms with Gasteiger partial charge in [0.2, 0.25) is 0 Å². The first-order valence-corrected chi connectivity index (χ1v) is 7.25. The Kier molecular flexibility index (Phi) is 2.26. The molecule has 0 N–H and O–H groups in total. The van der Waals surface area contributed by atoms with Crippen molar-refractivity contribution >= 4 is 43.1 Å². The van der Waals surface area contributed by atoms with E-state index in [0.29, 0.717) is 4.34 Å². The van der Waals surface area contributed by atoms with E-state index >= 15 is 0 Å². The normalized spacial score (nSPS) is 13.3. The molecule has 0 amide bonds. The summed E-state index contributed by atoms with van der Waals surface area (Å²) >= 11 is 1.51. The minimum atomic E-state index is -0.997. The monoisotopic (exact) mass is 247 g/mol. The van der Waals surface area contributed by atoms with E-state index < -0.39 is 10.8 Å². The Morgan fingerprint density at radius 2 is 2.00 bits per heavy atom. The van der Waals surface area contributed by atoms with Crippen LogP contribution >= 0.6 is 11.3 Å². The molecular formula is C12H9NOS2. The van der Waals surface area contributed by atoms with E-state index in [-0.39, 0.29) is 0 Å². The summed E-state index contributed by atoms with van der Waals surface area (Å²) in [5, 5.41) is 2.31. The maximum absolute atomic E-state index is 11.4. The Hall–Kier alpha value is -1.26. The van der Waals surface area contributed by atoms with E-state index in [4.69, 9.17) is 0 Å². The molecule has 0 saturated carbocycles. The van der Waals surface area contributed by atoms with Crippen LogP contribution in [0.1, 0.15) is 0 Å². The molecule has 0 aliphatic carbocycles. The molecule has 4 heteroatoms. The van der Waals surface area contributed by atoms with Crippen LogP contribution in [-0.4, -0.2) is 15.4 Å². The first-order chi connectivity index (χ1) is 7.75. The average Bonchev–Trinajstić information content (AvgIpc) is 2.73. The second-order valence-corrected chi connectivity index (χ2v) is 6.15. The van der Waals surface area contributed by atoms with Gasteiger partial charge in [0.05, 0.1) is 21.0 Å². The largest absolute Gasteiger partial charge is 0.252 e. The predicted octanol–water partition coefficient (Wildman–Crippen LogP) is 3.19. The summed E-state index contributed by atoms with van der Waals surface area (Å²) in [5.74, 6) is 0. The first kappa shape index (κ1) is 9.93. The van der Waals surface area contributed by atoms with E-state index in [1.807, 2.05) is 18.2 Å². The number of fused-ring (bicyclic) bond motifs is 3. The quantitative estimate of drug-likeness (QED) is 0.661. The standard InChI is InChI=1S/C12H9NOS2/c1-16(14)12-13-11-9-5-3-2-4-8(9)6-7-10(11)15-12/h2-7H,1H3. The lowest BCUT2D eigenvalue weighted by Gasteiger charge is -1.96. The number of benzene rings is 2. The maximum Gasteiger partial charge on any atom is 0.181 e. The molecule has 0 saturated heterocycles. The van der Waals surface area contributed by atoms with Gasteiger partial charge < -0.3 is 0 Å². The van der Waals surface area contributed by atoms with Crippen molar-refractivity contribution in [2.24, 2.45) is 0 Å². The lowest BCUT2D eigenvalue weighted by Crippen LogP contribution is -1.83. The lowest BCUT2D eigenvalue weighted by atomic mass is 10.1. The third kappa shape index (κ3) is 1.45. The van der Waals surface area contributed by atoms with Crippen LogP contribution in [0.15, 0.2) is 40.7 Å². The number of thiazole rings is 1. The Labute approximate surface area is 99.4 Å². The summed E-state index contributed by atoms with van der Waals surface area (Å²) < 4.78 is 13.2. The van der Waals surface area contributed by atoms with Crippen molar-refractivity contribution in [1.29, 1.82) is 0 Å². The summed E-state index contributed by atoms with van der Waals surface area (Å²) in [6.45, 7) is 0. The van der Waals surface area contributed by atoms with Gasteiger partial charge in [0.25, 0.3) is 0 Å². The number of nitrogens with zero attached hydrogens (tertiary/aromatic N) is 1. The zero-order valence-electron chi connectivity index (χ0n) is 8.64. The van der Waals surface area contributed by atoms with Crippen LogP contribution in [0, 0.1) is 0 Å². The van der Waals surface area contributed by atoms with Crippen LogP contribution in [0.3, 0.4) is 0 Å². The first-order valence-electron chi connectivity index (χ1n) is 4.87. The molecule has 0 spiro atoms. The molecule has 0 bridgehead atoms. The number of rotatable bonds is 1. The van der Waals surface area contributed by atoms with Gasteiger partial charge in [-0.1, -0.05) is 30.3 Å². The third-order valence-electron chi connectivity index (χ3n) is 2.51. The molecule has 0 aliphatic rings. The number of aromatic nitrogens is 1. The minimum absolute atomic E-state index is 0.700. The Morgan fingerprint density at radius 3 is 2.81 bits per heavy atom. The van der Waals surface area contributed by atoms with E-state index in [1.54, 1.807) is 6.26 Å². The van der Waals surface area contributed by atoms with E-state index in [1.165, 1.54) is 16.7 Å². The molecule has 0 radical (unpaired) electrons. The van der Waals surface area contributed by atoms with Gasteiger partial charge in [-0.25, -0.2) is 4.98 Å². The summed E-state index contributed by atoms with van der Waals surface area (Å²) in [6, 6.07) is 12.3. The summed E-state index contributed by atoms with van der Waals surface area (Å²) in [7, 11) is -0.997. The molecule has 2 aromatic carbocycles. The van der Waals surface area contributed by atoms with Gasteiger partial charge in [-0.15, -0.1) is 11.3 Å². The van der Waals surface area contributed by atoms with Gasteiger partial charge in [-0.2, -0.15) is 0 Å². The van der Waals surface area contributed by atoms with E-state index in [2.05, 4.69) is 23.2 Å². The second kappa shape index (κ2) is 3.64. The van der Waals surface area contributed by atoms with Crippen LogP contribution in [0.5, 0.6) is 0 Å². The van der Waals surface area contributed by atoms with Crippen molar-refractivity contribution in [2.45, 2.75) is 4.34 Å². The highest BCUT2D eigenvalue weighted by Crippen LogP contribution is 2.30. The van der Waals surface area contributed by atoms with Crippen LogP contribution in [0.2, 0.25) is 0 Å². The second-order valence-electron chi connectivity index (χ2n) is 3.57. The van der Waals surface area contributed by atoms with Crippen molar-refractivity contribution in [3.63, 3.8) is 0 Å². The average molecular weight is 247 g/mol. The molecule has 80 valence electrons. The molecular weight excluding hydrogens is 238 g/mol. The summed E-state index contributed by atoms with van der Waals surface area (Å²) in [4.78, 5) is 4.46. The van der Waals surface area contributed by atoms with Crippen molar-refractivity contribution in [3.05, 3.63) is 36.4 Å². The molecule has 0 fully saturated rings. The molecule has 1 unspecified atom stereocenters. The van der Waals surface area contributed by atoms with Gasteiger partial charge in [0, 0.05) is 11.6 Å². The topological polar surface area (TPSA) is 30.0 Å². The molecule has 0 aliphatic heterocycles. The molecule has 3 rings (SSSR count). The van der Waals surface area contributed by atoms with Crippen molar-refractivity contribution in [3.8, 4) is 0 Å². The van der Waals surface area contributed by atoms with Gasteiger partial charge in [0.15, 0.2) is 4.34 Å². The molecule has 16 heavy (non-hydrogen) atoms. The highest BCUT2D eigenvalue weighted by molar-refractivity contribution is 7.86. The highest BCUT2D eigenvalue weighted by atomic mass is 32.2. The van der Waals surface area contributed by atoms with Gasteiger partial charge in [-0.3, -0.25) is 4.21 Å². The van der Waals surface area contributed by atoms with Crippen molar-refractivity contribution < 1.29 is 4.21 Å². The fourth-order valence-corrected chi connectivity index (χ4v) is 3.44. The fraction of sp³-hybridized carbons (Fsp3) is 0.0833. The molecule has 3 aromatic rings. The molecule has 1 atom stereocenters. The molecule has 1 aromatic heterocycles. The van der Waals surface area contributed by atoms with Crippen LogP contribution in [-0.2, 0) is 10.8 Å². The van der Waals surface area contributed by atoms with E-state index in [0.717, 1.165) is 15.6 Å². The van der Waals surface area contributed by atoms with Crippen LogP contribution in [0.25, 0.3) is 21.0 Å². The molecule has 2 nitrogen and oxygen atoms in total. The number of hydrogen-bond acceptors (Lipinski definition) is 3. The van der Waals surface area contributed by atoms with Gasteiger partial charge in [-0.05, 0) is 11.5 Å². The van der Waals surface area contributed by atoms with E-state index in [9.17, 15) is 4.21 Å². The van der Waals surface area contributed by atoms with Crippen molar-refractivity contribution in [1.82, 2.24) is 4.98 Å². The Balaban J connectivity index is 2.46. The zero-order valence-corrected chi connectivity index (χ0v) is 10.3. The zero-order chi connectivity index (χ0) is 11.1.